The number of carbonyl (C=O) groups excluding carboxylic acids is 1. The van der Waals surface area contributed by atoms with Gasteiger partial charge in [-0.15, -0.1) is 0 Å². The Morgan fingerprint density at radius 2 is 1.80 bits per heavy atom. The van der Waals surface area contributed by atoms with E-state index in [9.17, 15) is 4.79 Å². The fourth-order valence-electron chi connectivity index (χ4n) is 3.44. The first-order valence-corrected chi connectivity index (χ1v) is 7.66. The number of Topliss-reactive ketones (excluding diaryl/α,β-unsaturated/α-hetero) is 1. The van der Waals surface area contributed by atoms with Crippen LogP contribution in [0, 0.1) is 19.8 Å². The highest BCUT2D eigenvalue weighted by molar-refractivity contribution is 6.04. The first-order chi connectivity index (χ1) is 9.36. The molecule has 1 saturated carbocycles. The van der Waals surface area contributed by atoms with Crippen LogP contribution in [0.3, 0.4) is 0 Å². The van der Waals surface area contributed by atoms with Crippen LogP contribution in [0.25, 0.3) is 0 Å². The van der Waals surface area contributed by atoms with Gasteiger partial charge in [0.1, 0.15) is 0 Å². The van der Waals surface area contributed by atoms with Crippen LogP contribution in [0.5, 0.6) is 0 Å². The summed E-state index contributed by atoms with van der Waals surface area (Å²) in [6.45, 7) is 6.42. The van der Waals surface area contributed by atoms with Crippen molar-refractivity contribution in [3.05, 3.63) is 34.9 Å². The van der Waals surface area contributed by atoms with Gasteiger partial charge < -0.3 is 0 Å². The molecule has 0 spiro atoms. The lowest BCUT2D eigenvalue weighted by Crippen LogP contribution is -2.53. The molecule has 1 fully saturated rings. The van der Waals surface area contributed by atoms with Crippen LogP contribution in [-0.4, -0.2) is 30.3 Å². The van der Waals surface area contributed by atoms with E-state index in [0.717, 1.165) is 42.7 Å². The van der Waals surface area contributed by atoms with E-state index in [2.05, 4.69) is 51.9 Å². The third kappa shape index (κ3) is 2.67. The topological polar surface area (TPSA) is 20.3 Å². The van der Waals surface area contributed by atoms with Crippen LogP contribution >= 0.6 is 0 Å². The molecule has 0 heterocycles. The first-order valence-electron chi connectivity index (χ1n) is 7.66. The van der Waals surface area contributed by atoms with Gasteiger partial charge in [0.2, 0.25) is 0 Å². The fraction of sp³-hybridized carbons (Fsp3) is 0.611. The lowest BCUT2D eigenvalue weighted by molar-refractivity contribution is 0.0512. The lowest BCUT2D eigenvalue weighted by atomic mass is 9.72. The average Bonchev–Trinajstić information content (AvgIpc) is 2.39. The summed E-state index contributed by atoms with van der Waals surface area (Å²) in [7, 11) is 4.11. The zero-order valence-electron chi connectivity index (χ0n) is 13.5. The van der Waals surface area contributed by atoms with Gasteiger partial charge in [-0.3, -0.25) is 9.69 Å². The Morgan fingerprint density at radius 1 is 1.20 bits per heavy atom. The van der Waals surface area contributed by atoms with Crippen molar-refractivity contribution >= 4 is 5.78 Å². The number of likely N-dealkylation sites (N-methyl/N-ethyl adjacent to an activating group) is 1. The van der Waals surface area contributed by atoms with Gasteiger partial charge in [-0.2, -0.15) is 0 Å². The van der Waals surface area contributed by atoms with Crippen molar-refractivity contribution in [2.45, 2.75) is 52.0 Å². The van der Waals surface area contributed by atoms with Crippen LogP contribution in [0.15, 0.2) is 18.2 Å². The van der Waals surface area contributed by atoms with Crippen molar-refractivity contribution in [3.8, 4) is 0 Å². The number of carbonyl (C=O) groups is 1. The highest BCUT2D eigenvalue weighted by Gasteiger charge is 2.43. The van der Waals surface area contributed by atoms with Crippen molar-refractivity contribution in [3.63, 3.8) is 0 Å². The normalized spacial score (nSPS) is 26.8. The van der Waals surface area contributed by atoms with Crippen LogP contribution in [0.2, 0.25) is 0 Å². The number of nitrogens with zero attached hydrogens (tertiary/aromatic N) is 1. The summed E-state index contributed by atoms with van der Waals surface area (Å²) in [6.07, 6.45) is 4.25. The largest absolute Gasteiger partial charge is 0.297 e. The molecular formula is C18H27NO. The molecule has 0 N–H and O–H groups in total. The monoisotopic (exact) mass is 273 g/mol. The van der Waals surface area contributed by atoms with Crippen molar-refractivity contribution in [2.24, 2.45) is 5.92 Å². The molecule has 2 heteroatoms. The minimum absolute atomic E-state index is 0.299. The standard InChI is InChI=1S/C18H27NO/c1-13-8-10-18(11-9-13,19(4)5)17(20)16-7-6-14(2)12-15(16)3/h6-7,12-13H,8-11H2,1-5H3. The molecule has 1 aliphatic carbocycles. The second kappa shape index (κ2) is 5.69. The molecule has 0 bridgehead atoms. The fourth-order valence-corrected chi connectivity index (χ4v) is 3.44. The summed E-state index contributed by atoms with van der Waals surface area (Å²) in [4.78, 5) is 15.3. The maximum atomic E-state index is 13.2. The predicted molar refractivity (Wildman–Crippen MR) is 84.3 cm³/mol. The summed E-state index contributed by atoms with van der Waals surface area (Å²) in [6, 6.07) is 6.17. The van der Waals surface area contributed by atoms with Gasteiger partial charge in [0.05, 0.1) is 5.54 Å². The Morgan fingerprint density at radius 3 is 2.30 bits per heavy atom. The number of hydrogen-bond donors (Lipinski definition) is 0. The average molecular weight is 273 g/mol. The summed E-state index contributed by atoms with van der Waals surface area (Å²) in [5.74, 6) is 1.06. The number of ketones is 1. The molecule has 1 aromatic rings. The molecule has 0 aromatic heterocycles. The Balaban J connectivity index is 2.37. The quantitative estimate of drug-likeness (QED) is 0.776. The SMILES string of the molecule is Cc1ccc(C(=O)C2(N(C)C)CCC(C)CC2)c(C)c1. The Hall–Kier alpha value is -1.15. The van der Waals surface area contributed by atoms with Gasteiger partial charge in [-0.25, -0.2) is 0 Å². The Kier molecular flexibility index (Phi) is 4.33. The lowest BCUT2D eigenvalue weighted by Gasteiger charge is -2.43. The van der Waals surface area contributed by atoms with E-state index in [1.807, 2.05) is 6.07 Å². The van der Waals surface area contributed by atoms with Gasteiger partial charge in [0, 0.05) is 5.56 Å². The molecule has 0 atom stereocenters. The third-order valence-electron chi connectivity index (χ3n) is 5.01. The van der Waals surface area contributed by atoms with Gasteiger partial charge in [0.25, 0.3) is 0 Å². The predicted octanol–water partition coefficient (Wildman–Crippen LogP) is 4.00. The minimum atomic E-state index is -0.299. The van der Waals surface area contributed by atoms with Gasteiger partial charge >= 0.3 is 0 Å². The molecule has 0 radical (unpaired) electrons. The Bertz CT molecular complexity index is 496. The van der Waals surface area contributed by atoms with E-state index in [0.29, 0.717) is 5.78 Å². The van der Waals surface area contributed by atoms with E-state index in [1.165, 1.54) is 5.56 Å². The summed E-state index contributed by atoms with van der Waals surface area (Å²) in [5, 5.41) is 0. The third-order valence-corrected chi connectivity index (χ3v) is 5.01. The molecule has 2 rings (SSSR count). The molecule has 0 unspecified atom stereocenters. The molecule has 1 aromatic carbocycles. The highest BCUT2D eigenvalue weighted by Crippen LogP contribution is 2.38. The second-order valence-electron chi connectivity index (χ2n) is 6.76. The molecule has 0 aliphatic heterocycles. The van der Waals surface area contributed by atoms with E-state index in [-0.39, 0.29) is 5.54 Å². The van der Waals surface area contributed by atoms with Gasteiger partial charge in [-0.05, 0) is 65.1 Å². The molecule has 2 nitrogen and oxygen atoms in total. The van der Waals surface area contributed by atoms with E-state index in [1.54, 1.807) is 0 Å². The smallest absolute Gasteiger partial charge is 0.183 e. The zero-order valence-corrected chi connectivity index (χ0v) is 13.5. The molecule has 0 amide bonds. The number of benzene rings is 1. The number of aryl methyl sites for hydroxylation is 2. The minimum Gasteiger partial charge on any atom is -0.297 e. The van der Waals surface area contributed by atoms with E-state index in [4.69, 9.17) is 0 Å². The van der Waals surface area contributed by atoms with Crippen LogP contribution in [-0.2, 0) is 0 Å². The van der Waals surface area contributed by atoms with Gasteiger partial charge in [0.15, 0.2) is 5.78 Å². The first kappa shape index (κ1) is 15.2. The van der Waals surface area contributed by atoms with Crippen molar-refractivity contribution < 1.29 is 4.79 Å². The van der Waals surface area contributed by atoms with Crippen molar-refractivity contribution in [2.75, 3.05) is 14.1 Å². The van der Waals surface area contributed by atoms with Crippen molar-refractivity contribution in [1.29, 1.82) is 0 Å². The summed E-state index contributed by atoms with van der Waals surface area (Å²) in [5.41, 5.74) is 2.93. The maximum Gasteiger partial charge on any atom is 0.183 e. The zero-order chi connectivity index (χ0) is 14.9. The second-order valence-corrected chi connectivity index (χ2v) is 6.76. The Labute approximate surface area is 123 Å². The molecule has 110 valence electrons. The molecule has 1 aliphatic rings. The number of hydrogen-bond acceptors (Lipinski definition) is 2. The highest BCUT2D eigenvalue weighted by atomic mass is 16.1. The molecule has 20 heavy (non-hydrogen) atoms. The van der Waals surface area contributed by atoms with Crippen LogP contribution < -0.4 is 0 Å². The van der Waals surface area contributed by atoms with E-state index < -0.39 is 0 Å². The van der Waals surface area contributed by atoms with Crippen LogP contribution in [0.1, 0.15) is 54.1 Å². The molecular weight excluding hydrogens is 246 g/mol. The maximum absolute atomic E-state index is 13.2. The number of rotatable bonds is 3. The summed E-state index contributed by atoms with van der Waals surface area (Å²) < 4.78 is 0. The summed E-state index contributed by atoms with van der Waals surface area (Å²) >= 11 is 0. The molecule has 0 saturated heterocycles. The van der Waals surface area contributed by atoms with Gasteiger partial charge in [-0.1, -0.05) is 30.7 Å². The van der Waals surface area contributed by atoms with Crippen molar-refractivity contribution in [1.82, 2.24) is 4.90 Å². The van der Waals surface area contributed by atoms with E-state index >= 15 is 0 Å². The van der Waals surface area contributed by atoms with Crippen LogP contribution in [0.4, 0.5) is 0 Å².